The summed E-state index contributed by atoms with van der Waals surface area (Å²) in [7, 11) is 4.18. The minimum atomic E-state index is 0.199. The number of anilines is 1. The van der Waals surface area contributed by atoms with Gasteiger partial charge in [0.2, 0.25) is 5.91 Å². The molecule has 0 aliphatic carbocycles. The average Bonchev–Trinajstić information content (AvgIpc) is 2.55. The second kappa shape index (κ2) is 8.34. The van der Waals surface area contributed by atoms with Crippen LogP contribution in [0.2, 0.25) is 0 Å². The monoisotopic (exact) mass is 317 g/mol. The van der Waals surface area contributed by atoms with E-state index in [0.29, 0.717) is 5.91 Å². The highest BCUT2D eigenvalue weighted by Gasteiger charge is 2.25. The summed E-state index contributed by atoms with van der Waals surface area (Å²) in [6.45, 7) is 8.72. The number of piperazine rings is 1. The number of carbonyl (C=O) groups is 1. The van der Waals surface area contributed by atoms with Crippen LogP contribution in [0.15, 0.2) is 24.3 Å². The molecule has 23 heavy (non-hydrogen) atoms. The maximum atomic E-state index is 12.5. The molecule has 2 rings (SSSR count). The molecule has 0 radical (unpaired) electrons. The predicted octanol–water partition coefficient (Wildman–Crippen LogP) is 2.83. The summed E-state index contributed by atoms with van der Waals surface area (Å²) in [5.41, 5.74) is 2.61. The third kappa shape index (κ3) is 4.71. The third-order valence-corrected chi connectivity index (χ3v) is 4.70. The summed E-state index contributed by atoms with van der Waals surface area (Å²) >= 11 is 0. The van der Waals surface area contributed by atoms with Crippen LogP contribution in [0.25, 0.3) is 0 Å². The van der Waals surface area contributed by atoms with Crippen LogP contribution in [0.1, 0.15) is 32.3 Å². The fraction of sp³-hybridized carbons (Fsp3) is 0.632. The molecule has 0 unspecified atom stereocenters. The maximum Gasteiger partial charge on any atom is 0.225 e. The van der Waals surface area contributed by atoms with Crippen molar-refractivity contribution in [1.29, 1.82) is 0 Å². The van der Waals surface area contributed by atoms with Crippen molar-refractivity contribution < 1.29 is 4.79 Å². The summed E-state index contributed by atoms with van der Waals surface area (Å²) in [5.74, 6) is 0.543. The molecule has 0 atom stereocenters. The summed E-state index contributed by atoms with van der Waals surface area (Å²) in [5, 5.41) is 0. The number of hydrogen-bond donors (Lipinski definition) is 0. The molecule has 1 aliphatic rings. The Labute approximate surface area is 141 Å². The summed E-state index contributed by atoms with van der Waals surface area (Å²) in [6, 6.07) is 8.77. The second-order valence-corrected chi connectivity index (χ2v) is 6.73. The van der Waals surface area contributed by atoms with Gasteiger partial charge >= 0.3 is 0 Å². The predicted molar refractivity (Wildman–Crippen MR) is 96.7 cm³/mol. The van der Waals surface area contributed by atoms with Crippen LogP contribution in [0, 0.1) is 5.92 Å². The minimum Gasteiger partial charge on any atom is -0.368 e. The highest BCUT2D eigenvalue weighted by atomic mass is 16.2. The van der Waals surface area contributed by atoms with E-state index >= 15 is 0 Å². The van der Waals surface area contributed by atoms with Gasteiger partial charge in [-0.05, 0) is 44.6 Å². The number of amides is 1. The largest absolute Gasteiger partial charge is 0.368 e. The van der Waals surface area contributed by atoms with Gasteiger partial charge in [-0.1, -0.05) is 26.0 Å². The van der Waals surface area contributed by atoms with Gasteiger partial charge in [-0.15, -0.1) is 0 Å². The topological polar surface area (TPSA) is 26.8 Å². The van der Waals surface area contributed by atoms with Crippen LogP contribution in [-0.2, 0) is 11.3 Å². The Kier molecular flexibility index (Phi) is 6.46. The molecule has 1 heterocycles. The third-order valence-electron chi connectivity index (χ3n) is 4.70. The van der Waals surface area contributed by atoms with Crippen molar-refractivity contribution in [1.82, 2.24) is 9.80 Å². The van der Waals surface area contributed by atoms with Crippen LogP contribution < -0.4 is 4.90 Å². The highest BCUT2D eigenvalue weighted by molar-refractivity contribution is 5.79. The molecule has 0 saturated carbocycles. The van der Waals surface area contributed by atoms with Crippen LogP contribution in [0.4, 0.5) is 5.69 Å². The lowest BCUT2D eigenvalue weighted by molar-refractivity contribution is -0.136. The zero-order valence-corrected chi connectivity index (χ0v) is 15.1. The van der Waals surface area contributed by atoms with E-state index in [-0.39, 0.29) is 5.92 Å². The first kappa shape index (κ1) is 17.8. The van der Waals surface area contributed by atoms with E-state index in [9.17, 15) is 4.79 Å². The Bertz CT molecular complexity index is 503. The van der Waals surface area contributed by atoms with Crippen molar-refractivity contribution in [2.45, 2.75) is 33.2 Å². The van der Waals surface area contributed by atoms with Crippen molar-refractivity contribution in [3.8, 4) is 0 Å². The molecule has 128 valence electrons. The Morgan fingerprint density at radius 3 is 2.35 bits per heavy atom. The molecule has 1 aromatic carbocycles. The van der Waals surface area contributed by atoms with Crippen molar-refractivity contribution in [2.24, 2.45) is 5.92 Å². The molecule has 4 heteroatoms. The SMILES string of the molecule is CCC(CC)C(=O)N1CCN(c2cccc(CN(C)C)c2)CC1. The normalized spacial score (nSPS) is 15.6. The van der Waals surface area contributed by atoms with Crippen LogP contribution in [0.3, 0.4) is 0 Å². The number of rotatable bonds is 6. The summed E-state index contributed by atoms with van der Waals surface area (Å²) in [4.78, 5) is 19.1. The van der Waals surface area contributed by atoms with E-state index in [2.05, 4.69) is 66.9 Å². The molecule has 1 saturated heterocycles. The quantitative estimate of drug-likeness (QED) is 0.807. The molecular formula is C19H31N3O. The van der Waals surface area contributed by atoms with Crippen LogP contribution >= 0.6 is 0 Å². The first-order chi connectivity index (χ1) is 11.0. The lowest BCUT2D eigenvalue weighted by atomic mass is 10.0. The van der Waals surface area contributed by atoms with Gasteiger partial charge in [0.15, 0.2) is 0 Å². The molecule has 0 aromatic heterocycles. The van der Waals surface area contributed by atoms with E-state index in [1.54, 1.807) is 0 Å². The molecule has 0 N–H and O–H groups in total. The van der Waals surface area contributed by atoms with E-state index in [4.69, 9.17) is 0 Å². The second-order valence-electron chi connectivity index (χ2n) is 6.73. The zero-order valence-electron chi connectivity index (χ0n) is 15.1. The number of nitrogens with zero attached hydrogens (tertiary/aromatic N) is 3. The lowest BCUT2D eigenvalue weighted by Crippen LogP contribution is -2.50. The molecular weight excluding hydrogens is 286 g/mol. The van der Waals surface area contributed by atoms with Gasteiger partial charge < -0.3 is 14.7 Å². The molecule has 1 fully saturated rings. The number of carbonyl (C=O) groups excluding carboxylic acids is 1. The summed E-state index contributed by atoms with van der Waals surface area (Å²) in [6.07, 6.45) is 1.89. The molecule has 1 amide bonds. The van der Waals surface area contributed by atoms with Crippen molar-refractivity contribution in [3.05, 3.63) is 29.8 Å². The van der Waals surface area contributed by atoms with Crippen LogP contribution in [-0.4, -0.2) is 56.0 Å². The Morgan fingerprint density at radius 2 is 1.78 bits per heavy atom. The van der Waals surface area contributed by atoms with Crippen molar-refractivity contribution in [3.63, 3.8) is 0 Å². The molecule has 4 nitrogen and oxygen atoms in total. The highest BCUT2D eigenvalue weighted by Crippen LogP contribution is 2.20. The van der Waals surface area contributed by atoms with E-state index < -0.39 is 0 Å². The molecule has 1 aliphatic heterocycles. The standard InChI is InChI=1S/C19H31N3O/c1-5-17(6-2)19(23)22-12-10-21(11-13-22)18-9-7-8-16(14-18)15-20(3)4/h7-9,14,17H,5-6,10-13,15H2,1-4H3. The zero-order chi connectivity index (χ0) is 16.8. The lowest BCUT2D eigenvalue weighted by Gasteiger charge is -2.37. The summed E-state index contributed by atoms with van der Waals surface area (Å²) < 4.78 is 0. The van der Waals surface area contributed by atoms with Gasteiger partial charge in [0, 0.05) is 44.3 Å². The maximum absolute atomic E-state index is 12.5. The average molecular weight is 317 g/mol. The van der Waals surface area contributed by atoms with Gasteiger partial charge in [-0.2, -0.15) is 0 Å². The number of hydrogen-bond acceptors (Lipinski definition) is 3. The van der Waals surface area contributed by atoms with Gasteiger partial charge in [0.25, 0.3) is 0 Å². The fourth-order valence-electron chi connectivity index (χ4n) is 3.30. The minimum absolute atomic E-state index is 0.199. The van der Waals surface area contributed by atoms with Crippen LogP contribution in [0.5, 0.6) is 0 Å². The van der Waals surface area contributed by atoms with Gasteiger partial charge in [0.05, 0.1) is 0 Å². The smallest absolute Gasteiger partial charge is 0.225 e. The first-order valence-electron chi connectivity index (χ1n) is 8.82. The first-order valence-corrected chi connectivity index (χ1v) is 8.82. The van der Waals surface area contributed by atoms with E-state index in [0.717, 1.165) is 45.6 Å². The molecule has 0 spiro atoms. The van der Waals surface area contributed by atoms with Crippen molar-refractivity contribution in [2.75, 3.05) is 45.2 Å². The molecule has 0 bridgehead atoms. The van der Waals surface area contributed by atoms with E-state index in [1.807, 2.05) is 0 Å². The van der Waals surface area contributed by atoms with Gasteiger partial charge in [-0.25, -0.2) is 0 Å². The molecule has 1 aromatic rings. The van der Waals surface area contributed by atoms with E-state index in [1.165, 1.54) is 11.3 Å². The van der Waals surface area contributed by atoms with Gasteiger partial charge in [-0.3, -0.25) is 4.79 Å². The Balaban J connectivity index is 1.95. The van der Waals surface area contributed by atoms with Gasteiger partial charge in [0.1, 0.15) is 0 Å². The fourth-order valence-corrected chi connectivity index (χ4v) is 3.30. The number of benzene rings is 1. The Morgan fingerprint density at radius 1 is 1.13 bits per heavy atom. The van der Waals surface area contributed by atoms with Crippen molar-refractivity contribution >= 4 is 11.6 Å². The Hall–Kier alpha value is -1.55.